The highest BCUT2D eigenvalue weighted by molar-refractivity contribution is 7.98. The zero-order chi connectivity index (χ0) is 23.4. The Balaban J connectivity index is 1.69. The second-order valence-corrected chi connectivity index (χ2v) is 9.71. The largest absolute Gasteiger partial charge is 0.416 e. The summed E-state index contributed by atoms with van der Waals surface area (Å²) in [5.41, 5.74) is -0.0301. The fraction of sp³-hybridized carbons (Fsp3) is 0.200. The molecule has 0 aliphatic heterocycles. The molecule has 0 saturated carbocycles. The minimum atomic E-state index is -4.38. The molecule has 0 spiro atoms. The number of thioether (sulfide) groups is 1. The number of hydrogen-bond donors (Lipinski definition) is 1. The van der Waals surface area contributed by atoms with E-state index < -0.39 is 21.8 Å². The summed E-state index contributed by atoms with van der Waals surface area (Å²) in [6, 6.07) is 10.6. The van der Waals surface area contributed by atoms with Gasteiger partial charge in [0.1, 0.15) is 5.82 Å². The third-order valence-corrected chi connectivity index (χ3v) is 7.01. The number of nitrogens with zero attached hydrogens (tertiary/aromatic N) is 3. The number of benzene rings is 2. The summed E-state index contributed by atoms with van der Waals surface area (Å²) in [7, 11) is -3.78. The Labute approximate surface area is 192 Å². The molecule has 1 N–H and O–H groups in total. The van der Waals surface area contributed by atoms with Crippen molar-refractivity contribution in [3.63, 3.8) is 0 Å². The van der Waals surface area contributed by atoms with E-state index in [1.54, 1.807) is 10.6 Å². The zero-order valence-electron chi connectivity index (χ0n) is 16.5. The van der Waals surface area contributed by atoms with E-state index in [-0.39, 0.29) is 11.4 Å². The van der Waals surface area contributed by atoms with Gasteiger partial charge in [0.15, 0.2) is 5.16 Å². The fourth-order valence-corrected chi connectivity index (χ4v) is 4.69. The Bertz CT molecular complexity index is 1180. The Hall–Kier alpha value is -2.34. The van der Waals surface area contributed by atoms with Gasteiger partial charge in [-0.15, -0.1) is 16.8 Å². The summed E-state index contributed by atoms with van der Waals surface area (Å²) in [5, 5.41) is 9.05. The number of aromatic nitrogens is 3. The van der Waals surface area contributed by atoms with Crippen LogP contribution in [-0.4, -0.2) is 23.2 Å². The normalized spacial score (nSPS) is 12.1. The Morgan fingerprint density at radius 3 is 2.34 bits per heavy atom. The molecule has 1 heterocycles. The van der Waals surface area contributed by atoms with Gasteiger partial charge in [-0.25, -0.2) is 13.1 Å². The first-order chi connectivity index (χ1) is 15.1. The second kappa shape index (κ2) is 10.1. The Kier molecular flexibility index (Phi) is 7.65. The highest BCUT2D eigenvalue weighted by Gasteiger charge is 2.29. The highest BCUT2D eigenvalue weighted by atomic mass is 35.5. The summed E-state index contributed by atoms with van der Waals surface area (Å²) in [6.45, 7) is 3.92. The molecule has 3 aromatic rings. The zero-order valence-corrected chi connectivity index (χ0v) is 18.9. The molecule has 0 bridgehead atoms. The lowest BCUT2D eigenvalue weighted by Crippen LogP contribution is -2.25. The van der Waals surface area contributed by atoms with E-state index in [2.05, 4.69) is 21.5 Å². The van der Waals surface area contributed by atoms with Gasteiger partial charge in [-0.2, -0.15) is 13.2 Å². The van der Waals surface area contributed by atoms with Crippen LogP contribution in [0.3, 0.4) is 0 Å². The number of halogens is 4. The van der Waals surface area contributed by atoms with Crippen molar-refractivity contribution >= 4 is 33.4 Å². The van der Waals surface area contributed by atoms with E-state index in [1.807, 2.05) is 0 Å². The number of alkyl halides is 3. The Morgan fingerprint density at radius 2 is 1.75 bits per heavy atom. The minimum absolute atomic E-state index is 0.0635. The van der Waals surface area contributed by atoms with Gasteiger partial charge in [0.25, 0.3) is 0 Å². The van der Waals surface area contributed by atoms with Crippen LogP contribution in [0.1, 0.15) is 17.0 Å². The van der Waals surface area contributed by atoms with Crippen LogP contribution in [0, 0.1) is 0 Å². The van der Waals surface area contributed by atoms with Crippen molar-refractivity contribution in [3.8, 4) is 0 Å². The number of hydrogen-bond acceptors (Lipinski definition) is 5. The molecule has 12 heteroatoms. The van der Waals surface area contributed by atoms with Gasteiger partial charge in [0, 0.05) is 17.3 Å². The van der Waals surface area contributed by atoms with Crippen molar-refractivity contribution < 1.29 is 21.6 Å². The molecule has 3 rings (SSSR count). The molecule has 2 aromatic carbocycles. The summed E-state index contributed by atoms with van der Waals surface area (Å²) in [5.74, 6) is 0.738. The van der Waals surface area contributed by atoms with Crippen LogP contribution in [0.25, 0.3) is 0 Å². The first kappa shape index (κ1) is 24.3. The summed E-state index contributed by atoms with van der Waals surface area (Å²) < 4.78 is 67.2. The number of rotatable bonds is 9. The van der Waals surface area contributed by atoms with Gasteiger partial charge < -0.3 is 4.57 Å². The maximum Gasteiger partial charge on any atom is 0.416 e. The van der Waals surface area contributed by atoms with Crippen LogP contribution in [0.5, 0.6) is 0 Å². The van der Waals surface area contributed by atoms with Crippen LogP contribution in [-0.2, 0) is 35.0 Å². The smallest absolute Gasteiger partial charge is 0.301 e. The van der Waals surface area contributed by atoms with Crippen molar-refractivity contribution in [1.29, 1.82) is 0 Å². The molecule has 0 amide bonds. The molecule has 6 nitrogen and oxygen atoms in total. The SMILES string of the molecule is C=CCn1c(CNS(=O)(=O)c2ccc(Cl)cc2)nnc1SCc1ccc(C(F)(F)F)cc1. The van der Waals surface area contributed by atoms with E-state index in [0.29, 0.717) is 33.9 Å². The Morgan fingerprint density at radius 1 is 1.09 bits per heavy atom. The van der Waals surface area contributed by atoms with Gasteiger partial charge in [-0.3, -0.25) is 0 Å². The predicted octanol–water partition coefficient (Wildman–Crippen LogP) is 4.91. The molecule has 0 aliphatic carbocycles. The molecule has 170 valence electrons. The third-order valence-electron chi connectivity index (χ3n) is 4.30. The van der Waals surface area contributed by atoms with Crippen LogP contribution in [0.15, 0.2) is 71.2 Å². The molecular formula is C20H18ClF3N4O2S2. The minimum Gasteiger partial charge on any atom is -0.301 e. The molecule has 0 fully saturated rings. The van der Waals surface area contributed by atoms with Crippen molar-refractivity contribution in [2.45, 2.75) is 35.1 Å². The molecule has 0 unspecified atom stereocenters. The van der Waals surface area contributed by atoms with Gasteiger partial charge in [-0.1, -0.05) is 41.6 Å². The van der Waals surface area contributed by atoms with E-state index >= 15 is 0 Å². The fourth-order valence-electron chi connectivity index (χ4n) is 2.66. The summed E-state index contributed by atoms with van der Waals surface area (Å²) in [4.78, 5) is 0.0635. The number of allylic oxidation sites excluding steroid dienone is 1. The van der Waals surface area contributed by atoms with E-state index in [4.69, 9.17) is 11.6 Å². The molecule has 1 aromatic heterocycles. The lowest BCUT2D eigenvalue weighted by Gasteiger charge is -2.10. The molecule has 0 aliphatic rings. The van der Waals surface area contributed by atoms with Crippen molar-refractivity contribution in [1.82, 2.24) is 19.5 Å². The van der Waals surface area contributed by atoms with Gasteiger partial charge in [0.2, 0.25) is 10.0 Å². The van der Waals surface area contributed by atoms with Crippen LogP contribution in [0.2, 0.25) is 5.02 Å². The maximum atomic E-state index is 12.7. The van der Waals surface area contributed by atoms with E-state index in [0.717, 1.165) is 12.1 Å². The van der Waals surface area contributed by atoms with Gasteiger partial charge in [-0.05, 0) is 42.0 Å². The highest BCUT2D eigenvalue weighted by Crippen LogP contribution is 2.30. The average molecular weight is 503 g/mol. The maximum absolute atomic E-state index is 12.7. The molecule has 0 atom stereocenters. The monoisotopic (exact) mass is 502 g/mol. The summed E-state index contributed by atoms with van der Waals surface area (Å²) >= 11 is 7.07. The average Bonchev–Trinajstić information content (AvgIpc) is 3.13. The van der Waals surface area contributed by atoms with Crippen LogP contribution >= 0.6 is 23.4 Å². The summed E-state index contributed by atoms with van der Waals surface area (Å²) in [6.07, 6.45) is -2.77. The standard InChI is InChI=1S/C20H18ClF3N4O2S2/c1-2-11-28-18(12-25-32(29,30)17-9-7-16(21)8-10-17)26-27-19(28)31-13-14-3-5-15(6-4-14)20(22,23)24/h2-10,25H,1,11-13H2. The van der Waals surface area contributed by atoms with Crippen molar-refractivity contribution in [2.24, 2.45) is 0 Å². The topological polar surface area (TPSA) is 76.9 Å². The lowest BCUT2D eigenvalue weighted by molar-refractivity contribution is -0.137. The van der Waals surface area contributed by atoms with Gasteiger partial charge >= 0.3 is 6.18 Å². The molecular weight excluding hydrogens is 485 g/mol. The quantitative estimate of drug-likeness (QED) is 0.332. The van der Waals surface area contributed by atoms with Crippen LogP contribution in [0.4, 0.5) is 13.2 Å². The molecule has 32 heavy (non-hydrogen) atoms. The number of sulfonamides is 1. The van der Waals surface area contributed by atoms with Crippen molar-refractivity contribution in [3.05, 3.63) is 83.2 Å². The first-order valence-corrected chi connectivity index (χ1v) is 12.0. The lowest BCUT2D eigenvalue weighted by atomic mass is 10.1. The van der Waals surface area contributed by atoms with E-state index in [9.17, 15) is 21.6 Å². The van der Waals surface area contributed by atoms with Crippen molar-refractivity contribution in [2.75, 3.05) is 0 Å². The molecule has 0 saturated heterocycles. The van der Waals surface area contributed by atoms with Gasteiger partial charge in [0.05, 0.1) is 17.0 Å². The van der Waals surface area contributed by atoms with Crippen LogP contribution < -0.4 is 4.72 Å². The van der Waals surface area contributed by atoms with E-state index in [1.165, 1.54) is 48.2 Å². The first-order valence-electron chi connectivity index (χ1n) is 9.17. The third kappa shape index (κ3) is 6.12. The number of nitrogens with one attached hydrogen (secondary N) is 1. The second-order valence-electron chi connectivity index (χ2n) is 6.56. The molecule has 0 radical (unpaired) electrons. The predicted molar refractivity (Wildman–Crippen MR) is 117 cm³/mol.